The van der Waals surface area contributed by atoms with E-state index in [-0.39, 0.29) is 36.2 Å². The van der Waals surface area contributed by atoms with Gasteiger partial charge in [0.05, 0.1) is 12.5 Å². The molecule has 1 unspecified atom stereocenters. The summed E-state index contributed by atoms with van der Waals surface area (Å²) in [5.41, 5.74) is 9.21. The van der Waals surface area contributed by atoms with Crippen molar-refractivity contribution in [2.24, 2.45) is 5.73 Å². The van der Waals surface area contributed by atoms with Crippen molar-refractivity contribution >= 4 is 5.97 Å². The van der Waals surface area contributed by atoms with Crippen LogP contribution in [0.15, 0.2) is 96.4 Å². The third kappa shape index (κ3) is 6.71. The van der Waals surface area contributed by atoms with Gasteiger partial charge < -0.3 is 29.4 Å². The summed E-state index contributed by atoms with van der Waals surface area (Å²) >= 11 is 0. The molecule has 1 atom stereocenters. The van der Waals surface area contributed by atoms with Crippen LogP contribution in [0, 0.1) is 24.1 Å². The summed E-state index contributed by atoms with van der Waals surface area (Å²) in [7, 11) is 0. The molecule has 4 aromatic rings. The van der Waals surface area contributed by atoms with Crippen molar-refractivity contribution in [3.05, 3.63) is 124 Å². The molecule has 0 radical (unpaired) electrons. The van der Waals surface area contributed by atoms with E-state index >= 15 is 0 Å². The Balaban J connectivity index is 1.37. The normalized spacial score (nSPS) is 13.8. The number of rotatable bonds is 10. The highest BCUT2D eigenvalue weighted by atomic mass is 19.1. The fourth-order valence-electron chi connectivity index (χ4n) is 4.64. The second-order valence-electron chi connectivity index (χ2n) is 9.72. The number of carbonyl (C=O) groups excluding carboxylic acids is 1. The van der Waals surface area contributed by atoms with E-state index in [2.05, 4.69) is 6.07 Å². The first-order valence-electron chi connectivity index (χ1n) is 13.6. The second kappa shape index (κ2) is 13.0. The maximum absolute atomic E-state index is 14.1. The van der Waals surface area contributed by atoms with Crippen LogP contribution in [-0.4, -0.2) is 19.2 Å². The predicted molar refractivity (Wildman–Crippen MR) is 156 cm³/mol. The molecule has 0 fully saturated rings. The molecule has 2 N–H and O–H groups in total. The number of ether oxygens (including phenoxy) is 5. The van der Waals surface area contributed by atoms with Crippen molar-refractivity contribution in [2.45, 2.75) is 26.4 Å². The van der Waals surface area contributed by atoms with Crippen molar-refractivity contribution < 1.29 is 32.9 Å². The smallest absolute Gasteiger partial charge is 0.349 e. The number of esters is 1. The zero-order valence-corrected chi connectivity index (χ0v) is 23.6. The third-order valence-electron chi connectivity index (χ3n) is 6.74. The predicted octanol–water partition coefficient (Wildman–Crippen LogP) is 6.31. The zero-order chi connectivity index (χ0) is 30.3. The summed E-state index contributed by atoms with van der Waals surface area (Å²) in [5.74, 6) is 0.356. The Morgan fingerprint density at radius 3 is 2.47 bits per heavy atom. The number of halogens is 1. The van der Waals surface area contributed by atoms with Gasteiger partial charge >= 0.3 is 5.97 Å². The number of fused-ring (bicyclic) bond motifs is 1. The summed E-state index contributed by atoms with van der Waals surface area (Å²) in [6.07, 6.45) is 0. The number of hydrogen-bond acceptors (Lipinski definition) is 8. The molecule has 0 spiro atoms. The lowest BCUT2D eigenvalue weighted by atomic mass is 9.83. The van der Waals surface area contributed by atoms with Gasteiger partial charge in [0.15, 0.2) is 18.1 Å². The number of nitriles is 1. The highest BCUT2D eigenvalue weighted by Crippen LogP contribution is 2.45. The monoisotopic (exact) mass is 580 g/mol. The number of carbonyl (C=O) groups is 1. The first-order chi connectivity index (χ1) is 20.9. The van der Waals surface area contributed by atoms with Crippen LogP contribution in [0.5, 0.6) is 28.7 Å². The molecule has 43 heavy (non-hydrogen) atoms. The molecule has 0 saturated carbocycles. The van der Waals surface area contributed by atoms with Gasteiger partial charge in [-0.3, -0.25) is 0 Å². The Labute approximate surface area is 248 Å². The van der Waals surface area contributed by atoms with Crippen LogP contribution in [-0.2, 0) is 11.4 Å². The molecule has 5 rings (SSSR count). The van der Waals surface area contributed by atoms with Crippen LogP contribution in [0.2, 0.25) is 0 Å². The molecule has 218 valence electrons. The van der Waals surface area contributed by atoms with Gasteiger partial charge in [-0.25, -0.2) is 9.18 Å². The van der Waals surface area contributed by atoms with Gasteiger partial charge in [-0.2, -0.15) is 5.26 Å². The minimum Gasteiger partial charge on any atom is -0.490 e. The topological polar surface area (TPSA) is 113 Å². The van der Waals surface area contributed by atoms with Crippen molar-refractivity contribution in [3.8, 4) is 34.8 Å². The number of nitrogens with two attached hydrogens (primary N) is 1. The molecular weight excluding hydrogens is 551 g/mol. The molecule has 0 aliphatic carbocycles. The Hall–Kier alpha value is -5.49. The molecule has 9 heteroatoms. The molecule has 0 saturated heterocycles. The quantitative estimate of drug-likeness (QED) is 0.171. The molecule has 1 heterocycles. The van der Waals surface area contributed by atoms with Gasteiger partial charge in [-0.05, 0) is 55.8 Å². The van der Waals surface area contributed by atoms with E-state index in [1.54, 1.807) is 66.7 Å². The van der Waals surface area contributed by atoms with Crippen molar-refractivity contribution in [2.75, 3.05) is 13.2 Å². The summed E-state index contributed by atoms with van der Waals surface area (Å²) in [6.45, 7) is 3.88. The molecule has 1 aliphatic heterocycles. The Morgan fingerprint density at radius 1 is 0.953 bits per heavy atom. The van der Waals surface area contributed by atoms with Crippen LogP contribution >= 0.6 is 0 Å². The number of benzene rings is 4. The van der Waals surface area contributed by atoms with E-state index in [0.717, 1.165) is 5.56 Å². The van der Waals surface area contributed by atoms with E-state index < -0.39 is 11.9 Å². The summed E-state index contributed by atoms with van der Waals surface area (Å²) in [5, 5.41) is 9.98. The van der Waals surface area contributed by atoms with Crippen molar-refractivity contribution in [1.82, 2.24) is 0 Å². The molecule has 1 aliphatic rings. The summed E-state index contributed by atoms with van der Waals surface area (Å²) in [6, 6.07) is 26.0. The average Bonchev–Trinajstić information content (AvgIpc) is 3.00. The minimum absolute atomic E-state index is 0.0139. The van der Waals surface area contributed by atoms with E-state index in [9.17, 15) is 14.4 Å². The molecule has 4 aromatic carbocycles. The Kier molecular flexibility index (Phi) is 8.77. The molecular formula is C34H29FN2O6. The number of allylic oxidation sites excluding steroid dienone is 1. The summed E-state index contributed by atoms with van der Waals surface area (Å²) < 4.78 is 42.6. The number of aryl methyl sites for hydroxylation is 1. The van der Waals surface area contributed by atoms with Gasteiger partial charge in [0, 0.05) is 17.2 Å². The molecule has 8 nitrogen and oxygen atoms in total. The SMILES string of the molecule is CCOc1cc(C2C(C#N)=C(N)Oc3cc(OC(=O)COc4ccc(C)cc4)ccc32)ccc1OCc1ccccc1F. The number of hydrogen-bond donors (Lipinski definition) is 1. The minimum atomic E-state index is -0.596. The first-order valence-corrected chi connectivity index (χ1v) is 13.6. The third-order valence-corrected chi connectivity index (χ3v) is 6.74. The highest BCUT2D eigenvalue weighted by Gasteiger charge is 2.32. The van der Waals surface area contributed by atoms with Crippen molar-refractivity contribution in [3.63, 3.8) is 0 Å². The van der Waals surface area contributed by atoms with Crippen LogP contribution in [0.3, 0.4) is 0 Å². The first kappa shape index (κ1) is 29.0. The van der Waals surface area contributed by atoms with Crippen LogP contribution in [0.1, 0.15) is 35.1 Å². The fourth-order valence-corrected chi connectivity index (χ4v) is 4.64. The lowest BCUT2D eigenvalue weighted by Gasteiger charge is -2.27. The molecule has 0 aromatic heterocycles. The maximum Gasteiger partial charge on any atom is 0.349 e. The Morgan fingerprint density at radius 2 is 1.72 bits per heavy atom. The molecule has 0 amide bonds. The zero-order valence-electron chi connectivity index (χ0n) is 23.6. The largest absolute Gasteiger partial charge is 0.490 e. The van der Waals surface area contributed by atoms with E-state index in [4.69, 9.17) is 29.4 Å². The summed E-state index contributed by atoms with van der Waals surface area (Å²) in [4.78, 5) is 12.5. The van der Waals surface area contributed by atoms with Crippen LogP contribution in [0.25, 0.3) is 0 Å². The standard InChI is InChI=1S/C34H29FN2O6/c1-3-39-31-16-22(10-15-29(31)41-19-23-6-4-5-7-28(23)35)33-26-14-13-25(17-30(26)43-34(37)27(33)18-36)42-32(38)20-40-24-11-8-21(2)9-12-24/h4-17,33H,3,19-20,37H2,1-2H3. The molecule has 0 bridgehead atoms. The van der Waals surface area contributed by atoms with E-state index in [0.29, 0.717) is 46.3 Å². The van der Waals surface area contributed by atoms with Gasteiger partial charge in [0.25, 0.3) is 0 Å². The number of nitrogens with zero attached hydrogens (tertiary/aromatic N) is 1. The van der Waals surface area contributed by atoms with Gasteiger partial charge in [-0.15, -0.1) is 0 Å². The fraction of sp³-hybridized carbons (Fsp3) is 0.176. The Bertz CT molecular complexity index is 1710. The van der Waals surface area contributed by atoms with Gasteiger partial charge in [0.1, 0.15) is 41.3 Å². The van der Waals surface area contributed by atoms with E-state index in [1.807, 2.05) is 26.0 Å². The lowest BCUT2D eigenvalue weighted by Crippen LogP contribution is -2.22. The van der Waals surface area contributed by atoms with E-state index in [1.165, 1.54) is 6.07 Å². The van der Waals surface area contributed by atoms with Crippen LogP contribution < -0.4 is 29.4 Å². The lowest BCUT2D eigenvalue weighted by molar-refractivity contribution is -0.136. The van der Waals surface area contributed by atoms with Crippen LogP contribution in [0.4, 0.5) is 4.39 Å². The van der Waals surface area contributed by atoms with Gasteiger partial charge in [-0.1, -0.05) is 48.0 Å². The van der Waals surface area contributed by atoms with Gasteiger partial charge in [0.2, 0.25) is 5.88 Å². The van der Waals surface area contributed by atoms with Crippen molar-refractivity contribution in [1.29, 1.82) is 5.26 Å². The highest BCUT2D eigenvalue weighted by molar-refractivity contribution is 5.74. The second-order valence-corrected chi connectivity index (χ2v) is 9.72. The maximum atomic E-state index is 14.1. The average molecular weight is 581 g/mol.